The number of rotatable bonds is 2. The fourth-order valence-electron chi connectivity index (χ4n) is 1.90. The van der Waals surface area contributed by atoms with Gasteiger partial charge in [-0.05, 0) is 12.0 Å². The van der Waals surface area contributed by atoms with E-state index in [1.54, 1.807) is 0 Å². The van der Waals surface area contributed by atoms with Crippen LogP contribution in [0.1, 0.15) is 12.0 Å². The molecule has 0 unspecified atom stereocenters. The van der Waals surface area contributed by atoms with Gasteiger partial charge in [0.05, 0.1) is 6.42 Å². The van der Waals surface area contributed by atoms with Crippen molar-refractivity contribution < 1.29 is 4.79 Å². The van der Waals surface area contributed by atoms with Crippen LogP contribution in [0, 0.1) is 0 Å². The fourth-order valence-corrected chi connectivity index (χ4v) is 1.90. The van der Waals surface area contributed by atoms with E-state index in [-0.39, 0.29) is 11.9 Å². The predicted octanol–water partition coefficient (Wildman–Crippen LogP) is 0.789. The summed E-state index contributed by atoms with van der Waals surface area (Å²) in [6.07, 6.45) is 1.42. The van der Waals surface area contributed by atoms with Gasteiger partial charge in [0.25, 0.3) is 0 Å². The number of carbonyl (C=O) groups excluding carboxylic acids is 1. The zero-order valence-electron chi connectivity index (χ0n) is 8.73. The van der Waals surface area contributed by atoms with Crippen LogP contribution < -0.4 is 5.73 Å². The molecule has 1 aliphatic heterocycles. The van der Waals surface area contributed by atoms with Crippen LogP contribution in [0.4, 0.5) is 0 Å². The van der Waals surface area contributed by atoms with Crippen molar-refractivity contribution in [2.45, 2.75) is 18.9 Å². The summed E-state index contributed by atoms with van der Waals surface area (Å²) >= 11 is 0. The predicted molar refractivity (Wildman–Crippen MR) is 59.3 cm³/mol. The molecule has 1 aromatic carbocycles. The van der Waals surface area contributed by atoms with E-state index in [4.69, 9.17) is 5.73 Å². The van der Waals surface area contributed by atoms with Gasteiger partial charge in [0, 0.05) is 19.1 Å². The minimum atomic E-state index is 0.171. The van der Waals surface area contributed by atoms with Crippen LogP contribution in [0.3, 0.4) is 0 Å². The molecule has 1 aliphatic rings. The lowest BCUT2D eigenvalue weighted by molar-refractivity contribution is -0.129. The average Bonchev–Trinajstić information content (AvgIpc) is 2.66. The van der Waals surface area contributed by atoms with Crippen molar-refractivity contribution in [3.63, 3.8) is 0 Å². The van der Waals surface area contributed by atoms with E-state index in [9.17, 15) is 4.79 Å². The summed E-state index contributed by atoms with van der Waals surface area (Å²) in [5, 5.41) is 0. The quantitative estimate of drug-likeness (QED) is 0.774. The van der Waals surface area contributed by atoms with Gasteiger partial charge in [0.1, 0.15) is 0 Å². The molecule has 1 amide bonds. The van der Waals surface area contributed by atoms with Gasteiger partial charge in [-0.2, -0.15) is 0 Å². The third-order valence-electron chi connectivity index (χ3n) is 2.78. The molecule has 0 radical (unpaired) electrons. The standard InChI is InChI=1S/C12H16N2O/c13-11-6-7-14(9-11)12(15)8-10-4-2-1-3-5-10/h1-5,11H,6-9,13H2/t11-/m0/s1. The van der Waals surface area contributed by atoms with Gasteiger partial charge in [0.15, 0.2) is 0 Å². The number of likely N-dealkylation sites (tertiary alicyclic amines) is 1. The Balaban J connectivity index is 1.93. The first-order valence-electron chi connectivity index (χ1n) is 5.33. The minimum Gasteiger partial charge on any atom is -0.341 e. The smallest absolute Gasteiger partial charge is 0.227 e. The van der Waals surface area contributed by atoms with E-state index in [0.717, 1.165) is 18.5 Å². The highest BCUT2D eigenvalue weighted by Crippen LogP contribution is 2.10. The fraction of sp³-hybridized carbons (Fsp3) is 0.417. The van der Waals surface area contributed by atoms with Gasteiger partial charge < -0.3 is 10.6 Å². The number of benzene rings is 1. The van der Waals surface area contributed by atoms with Crippen molar-refractivity contribution in [1.82, 2.24) is 4.90 Å². The first-order valence-corrected chi connectivity index (χ1v) is 5.33. The first-order chi connectivity index (χ1) is 7.25. The summed E-state index contributed by atoms with van der Waals surface area (Å²) in [5.74, 6) is 0.189. The van der Waals surface area contributed by atoms with E-state index in [2.05, 4.69) is 0 Å². The summed E-state index contributed by atoms with van der Waals surface area (Å²) in [6, 6.07) is 10.0. The van der Waals surface area contributed by atoms with Gasteiger partial charge in [-0.3, -0.25) is 4.79 Å². The molecule has 80 valence electrons. The maximum absolute atomic E-state index is 11.8. The maximum atomic E-state index is 11.8. The van der Waals surface area contributed by atoms with E-state index >= 15 is 0 Å². The Morgan fingerprint density at radius 3 is 2.73 bits per heavy atom. The zero-order valence-corrected chi connectivity index (χ0v) is 8.73. The number of hydrogen-bond donors (Lipinski definition) is 1. The second-order valence-corrected chi connectivity index (χ2v) is 4.05. The van der Waals surface area contributed by atoms with Crippen molar-refractivity contribution in [3.05, 3.63) is 35.9 Å². The summed E-state index contributed by atoms with van der Waals surface area (Å²) in [4.78, 5) is 13.7. The minimum absolute atomic E-state index is 0.171. The van der Waals surface area contributed by atoms with Crippen LogP contribution in [0.2, 0.25) is 0 Å². The van der Waals surface area contributed by atoms with Crippen LogP contribution >= 0.6 is 0 Å². The highest BCUT2D eigenvalue weighted by atomic mass is 16.2. The average molecular weight is 204 g/mol. The molecule has 3 nitrogen and oxygen atoms in total. The molecule has 1 fully saturated rings. The summed E-state index contributed by atoms with van der Waals surface area (Å²) < 4.78 is 0. The molecule has 1 heterocycles. The van der Waals surface area contributed by atoms with E-state index in [1.807, 2.05) is 35.2 Å². The highest BCUT2D eigenvalue weighted by molar-refractivity contribution is 5.79. The molecule has 0 aliphatic carbocycles. The lowest BCUT2D eigenvalue weighted by Gasteiger charge is -2.15. The van der Waals surface area contributed by atoms with Gasteiger partial charge in [-0.1, -0.05) is 30.3 Å². The Kier molecular flexibility index (Phi) is 3.02. The molecular formula is C12H16N2O. The van der Waals surface area contributed by atoms with E-state index < -0.39 is 0 Å². The number of hydrogen-bond acceptors (Lipinski definition) is 2. The largest absolute Gasteiger partial charge is 0.341 e. The molecule has 2 rings (SSSR count). The molecule has 0 saturated carbocycles. The van der Waals surface area contributed by atoms with Gasteiger partial charge in [-0.25, -0.2) is 0 Å². The molecule has 0 bridgehead atoms. The molecule has 3 heteroatoms. The second-order valence-electron chi connectivity index (χ2n) is 4.05. The Morgan fingerprint density at radius 1 is 1.40 bits per heavy atom. The topological polar surface area (TPSA) is 46.3 Å². The molecule has 0 aromatic heterocycles. The van der Waals surface area contributed by atoms with Gasteiger partial charge in [-0.15, -0.1) is 0 Å². The van der Waals surface area contributed by atoms with Crippen molar-refractivity contribution in [3.8, 4) is 0 Å². The van der Waals surface area contributed by atoms with Crippen LogP contribution in [-0.4, -0.2) is 29.9 Å². The number of carbonyl (C=O) groups is 1. The van der Waals surface area contributed by atoms with Crippen molar-refractivity contribution >= 4 is 5.91 Å². The molecule has 15 heavy (non-hydrogen) atoms. The normalized spacial score (nSPS) is 20.6. The van der Waals surface area contributed by atoms with Crippen LogP contribution in [0.5, 0.6) is 0 Å². The Bertz CT molecular complexity index is 337. The molecule has 2 N–H and O–H groups in total. The van der Waals surface area contributed by atoms with Crippen molar-refractivity contribution in [1.29, 1.82) is 0 Å². The molecule has 1 aromatic rings. The molecule has 1 atom stereocenters. The Morgan fingerprint density at radius 2 is 2.13 bits per heavy atom. The van der Waals surface area contributed by atoms with E-state index in [1.165, 1.54) is 0 Å². The van der Waals surface area contributed by atoms with Gasteiger partial charge in [0.2, 0.25) is 5.91 Å². The lowest BCUT2D eigenvalue weighted by atomic mass is 10.1. The monoisotopic (exact) mass is 204 g/mol. The number of amides is 1. The lowest BCUT2D eigenvalue weighted by Crippen LogP contribution is -2.32. The van der Waals surface area contributed by atoms with Crippen molar-refractivity contribution in [2.75, 3.05) is 13.1 Å². The Labute approximate surface area is 89.9 Å². The number of nitrogens with two attached hydrogens (primary N) is 1. The zero-order chi connectivity index (χ0) is 10.7. The highest BCUT2D eigenvalue weighted by Gasteiger charge is 2.23. The molecule has 0 spiro atoms. The number of nitrogens with zero attached hydrogens (tertiary/aromatic N) is 1. The maximum Gasteiger partial charge on any atom is 0.227 e. The molecular weight excluding hydrogens is 188 g/mol. The Hall–Kier alpha value is -1.35. The SMILES string of the molecule is N[C@H]1CCN(C(=O)Cc2ccccc2)C1. The summed E-state index contributed by atoms with van der Waals surface area (Å²) in [7, 11) is 0. The van der Waals surface area contributed by atoms with Gasteiger partial charge >= 0.3 is 0 Å². The third-order valence-corrected chi connectivity index (χ3v) is 2.78. The second kappa shape index (κ2) is 4.45. The summed E-state index contributed by atoms with van der Waals surface area (Å²) in [6.45, 7) is 1.53. The van der Waals surface area contributed by atoms with Crippen LogP contribution in [0.25, 0.3) is 0 Å². The van der Waals surface area contributed by atoms with Crippen LogP contribution in [0.15, 0.2) is 30.3 Å². The summed E-state index contributed by atoms with van der Waals surface area (Å²) in [5.41, 5.74) is 6.83. The van der Waals surface area contributed by atoms with Crippen LogP contribution in [-0.2, 0) is 11.2 Å². The first kappa shape index (κ1) is 10.2. The molecule has 1 saturated heterocycles. The van der Waals surface area contributed by atoms with E-state index in [0.29, 0.717) is 13.0 Å². The third kappa shape index (κ3) is 2.57. The van der Waals surface area contributed by atoms with Crippen molar-refractivity contribution in [2.24, 2.45) is 5.73 Å².